The number of alkyl halides is 1. The fraction of sp³-hybridized carbons (Fsp3) is 0.867. The van der Waals surface area contributed by atoms with Crippen LogP contribution < -0.4 is 0 Å². The third kappa shape index (κ3) is 9.19. The zero-order valence-electron chi connectivity index (χ0n) is 23.1. The van der Waals surface area contributed by atoms with Gasteiger partial charge in [0.25, 0.3) is 0 Å². The number of esters is 1. The number of rotatable bonds is 12. The largest absolute Gasteiger partial charge is 0.462 e. The van der Waals surface area contributed by atoms with Crippen molar-refractivity contribution in [3.63, 3.8) is 0 Å². The Morgan fingerprint density at radius 1 is 0.973 bits per heavy atom. The maximum Gasteiger partial charge on any atom is 0.306 e. The Bertz CT molecular complexity index is 770. The first-order valence-corrected chi connectivity index (χ1v) is 16.2. The Morgan fingerprint density at radius 3 is 2.38 bits per heavy atom. The topological polar surface area (TPSA) is 58.4 Å². The Balaban J connectivity index is 0.000000206. The number of nitrogens with zero attached hydrogens (tertiary/aromatic N) is 1. The molecule has 4 aliphatic rings. The van der Waals surface area contributed by atoms with E-state index in [2.05, 4.69) is 47.9 Å². The highest BCUT2D eigenvalue weighted by atomic mass is 127. The van der Waals surface area contributed by atoms with Crippen LogP contribution in [0.15, 0.2) is 12.2 Å². The van der Waals surface area contributed by atoms with Gasteiger partial charge in [0.2, 0.25) is 6.54 Å². The van der Waals surface area contributed by atoms with Gasteiger partial charge in [-0.15, -0.1) is 0 Å². The number of cyclic esters (lactones) is 1. The van der Waals surface area contributed by atoms with Crippen molar-refractivity contribution in [3.8, 4) is 0 Å². The lowest BCUT2D eigenvalue weighted by Gasteiger charge is -2.40. The molecule has 0 aromatic rings. The lowest BCUT2D eigenvalue weighted by molar-refractivity contribution is -0.152. The molecule has 37 heavy (non-hydrogen) atoms. The van der Waals surface area contributed by atoms with Crippen LogP contribution in [0.5, 0.6) is 0 Å². The molecule has 4 fully saturated rings. The summed E-state index contributed by atoms with van der Waals surface area (Å²) in [6, 6.07) is 0. The number of unbranched alkanes of at least 4 members (excludes halogenated alkanes) is 2. The Hall–Kier alpha value is -0.690. The molecule has 4 rings (SSSR count). The van der Waals surface area contributed by atoms with Crippen molar-refractivity contribution in [3.05, 3.63) is 23.6 Å². The van der Waals surface area contributed by atoms with Gasteiger partial charge in [-0.05, 0) is 56.9 Å². The van der Waals surface area contributed by atoms with Crippen molar-refractivity contribution >= 4 is 28.6 Å². The van der Waals surface area contributed by atoms with Gasteiger partial charge >= 0.3 is 5.97 Å². The highest BCUT2D eigenvalue weighted by Gasteiger charge is 2.52. The molecule has 0 aliphatic carbocycles. The van der Waals surface area contributed by atoms with Crippen LogP contribution in [0.2, 0.25) is 0 Å². The fourth-order valence-corrected chi connectivity index (χ4v) is 7.07. The van der Waals surface area contributed by atoms with Gasteiger partial charge in [-0.25, -0.2) is 6.57 Å². The standard InChI is InChI=1S/C15H24INO2.C15H24O3/c1-3-4-5-13-10-15(11-16)14(18-13)7-6-12(19-15)8-9-17-2;1-3-4-5-13-10-11(2)14(17-13)8-6-12-7-9-15(16)18-12/h12-14H,3-11H2,1H3;12-14H,2-10H2,1H3/t12-,13+,14+,15-;12?,13-,14-/m10/s1. The smallest absolute Gasteiger partial charge is 0.306 e. The first-order chi connectivity index (χ1) is 17.9. The van der Waals surface area contributed by atoms with Crippen molar-refractivity contribution < 1.29 is 23.7 Å². The molecule has 7 heteroatoms. The molecule has 0 bridgehead atoms. The van der Waals surface area contributed by atoms with E-state index in [1.807, 2.05) is 0 Å². The summed E-state index contributed by atoms with van der Waals surface area (Å²) in [6.07, 6.45) is 17.3. The third-order valence-electron chi connectivity index (χ3n) is 8.24. The molecule has 7 atom stereocenters. The van der Waals surface area contributed by atoms with Gasteiger partial charge in [0, 0.05) is 23.7 Å². The minimum Gasteiger partial charge on any atom is -0.462 e. The Kier molecular flexibility index (Phi) is 13.2. The molecule has 6 nitrogen and oxygen atoms in total. The van der Waals surface area contributed by atoms with Crippen LogP contribution in [0.4, 0.5) is 0 Å². The van der Waals surface area contributed by atoms with Crippen LogP contribution in [0, 0.1) is 6.57 Å². The van der Waals surface area contributed by atoms with Gasteiger partial charge in [0.1, 0.15) is 11.7 Å². The number of hydrogen-bond donors (Lipinski definition) is 0. The van der Waals surface area contributed by atoms with E-state index in [1.165, 1.54) is 37.7 Å². The number of ether oxygens (including phenoxy) is 4. The van der Waals surface area contributed by atoms with Gasteiger partial charge in [0.15, 0.2) is 0 Å². The molecule has 4 heterocycles. The average molecular weight is 630 g/mol. The number of carbonyl (C=O) groups is 1. The summed E-state index contributed by atoms with van der Waals surface area (Å²) in [5.41, 5.74) is 1.16. The lowest BCUT2D eigenvalue weighted by Crippen LogP contribution is -2.49. The first-order valence-electron chi connectivity index (χ1n) is 14.7. The van der Waals surface area contributed by atoms with Gasteiger partial charge in [-0.1, -0.05) is 68.7 Å². The molecular weight excluding hydrogens is 581 g/mol. The van der Waals surface area contributed by atoms with Crippen molar-refractivity contribution in [1.82, 2.24) is 0 Å². The molecule has 0 aromatic heterocycles. The molecule has 0 aromatic carbocycles. The van der Waals surface area contributed by atoms with E-state index in [0.717, 1.165) is 62.2 Å². The van der Waals surface area contributed by atoms with Crippen LogP contribution >= 0.6 is 22.6 Å². The molecule has 4 saturated heterocycles. The van der Waals surface area contributed by atoms with Crippen LogP contribution in [-0.2, 0) is 23.7 Å². The Morgan fingerprint density at radius 2 is 1.73 bits per heavy atom. The van der Waals surface area contributed by atoms with Crippen LogP contribution in [-0.4, -0.2) is 59.2 Å². The van der Waals surface area contributed by atoms with Crippen molar-refractivity contribution in [2.24, 2.45) is 0 Å². The van der Waals surface area contributed by atoms with E-state index in [1.54, 1.807) is 0 Å². The van der Waals surface area contributed by atoms with Crippen LogP contribution in [0.3, 0.4) is 0 Å². The molecule has 0 N–H and O–H groups in total. The van der Waals surface area contributed by atoms with Gasteiger partial charge in [-0.2, -0.15) is 0 Å². The monoisotopic (exact) mass is 629 g/mol. The summed E-state index contributed by atoms with van der Waals surface area (Å²) in [4.78, 5) is 14.5. The van der Waals surface area contributed by atoms with Crippen molar-refractivity contribution in [1.29, 1.82) is 0 Å². The summed E-state index contributed by atoms with van der Waals surface area (Å²) >= 11 is 2.44. The number of halogens is 1. The molecule has 1 unspecified atom stereocenters. The van der Waals surface area contributed by atoms with E-state index in [4.69, 9.17) is 25.5 Å². The summed E-state index contributed by atoms with van der Waals surface area (Å²) in [5.74, 6) is -0.0491. The predicted molar refractivity (Wildman–Crippen MR) is 155 cm³/mol. The number of fused-ring (bicyclic) bond motifs is 1. The third-order valence-corrected chi connectivity index (χ3v) is 9.53. The second-order valence-electron chi connectivity index (χ2n) is 11.3. The predicted octanol–water partition coefficient (Wildman–Crippen LogP) is 7.37. The summed E-state index contributed by atoms with van der Waals surface area (Å²) in [5, 5.41) is 0. The van der Waals surface area contributed by atoms with E-state index in [9.17, 15) is 4.79 Å². The molecule has 210 valence electrons. The van der Waals surface area contributed by atoms with E-state index in [-0.39, 0.29) is 36.0 Å². The summed E-state index contributed by atoms with van der Waals surface area (Å²) in [7, 11) is 0. The maximum atomic E-state index is 11.0. The highest BCUT2D eigenvalue weighted by molar-refractivity contribution is 14.1. The minimum atomic E-state index is -0.0656. The van der Waals surface area contributed by atoms with E-state index < -0.39 is 0 Å². The molecule has 0 amide bonds. The van der Waals surface area contributed by atoms with E-state index >= 15 is 0 Å². The number of carbonyl (C=O) groups excluding carboxylic acids is 1. The van der Waals surface area contributed by atoms with Gasteiger partial charge in [-0.3, -0.25) is 4.79 Å². The maximum absolute atomic E-state index is 11.0. The quantitative estimate of drug-likeness (QED) is 0.0742. The Labute approximate surface area is 238 Å². The molecular formula is C30H48INO5. The number of hydrogen-bond acceptors (Lipinski definition) is 5. The second kappa shape index (κ2) is 15.8. The lowest BCUT2D eigenvalue weighted by atomic mass is 9.87. The second-order valence-corrected chi connectivity index (χ2v) is 12.0. The van der Waals surface area contributed by atoms with Crippen LogP contribution in [0.25, 0.3) is 4.85 Å². The normalized spacial score (nSPS) is 35.0. The van der Waals surface area contributed by atoms with E-state index in [0.29, 0.717) is 25.2 Å². The van der Waals surface area contributed by atoms with Gasteiger partial charge < -0.3 is 23.8 Å². The molecule has 0 radical (unpaired) electrons. The summed E-state index contributed by atoms with van der Waals surface area (Å²) < 4.78 is 24.9. The zero-order valence-corrected chi connectivity index (χ0v) is 25.2. The minimum absolute atomic E-state index is 0.0491. The highest BCUT2D eigenvalue weighted by Crippen LogP contribution is 2.44. The molecule has 0 saturated carbocycles. The molecule has 0 spiro atoms. The van der Waals surface area contributed by atoms with Crippen molar-refractivity contribution in [2.45, 2.75) is 152 Å². The van der Waals surface area contributed by atoms with Gasteiger partial charge in [0.05, 0.1) is 30.5 Å². The average Bonchev–Trinajstić information content (AvgIpc) is 3.60. The van der Waals surface area contributed by atoms with Crippen molar-refractivity contribution in [2.75, 3.05) is 11.0 Å². The first kappa shape index (κ1) is 30.8. The fourth-order valence-electron chi connectivity index (χ4n) is 6.09. The molecule has 4 aliphatic heterocycles. The van der Waals surface area contributed by atoms with Crippen LogP contribution in [0.1, 0.15) is 110 Å². The SMILES string of the molecule is C=C1C[C@H](CCCC)O[C@H]1CCC1CCC(=O)O1.[C-]#[N+]CC[C@H]1CC[C@@H]2O[C@@H](CCCC)C[C@]2(CI)O1. The summed E-state index contributed by atoms with van der Waals surface area (Å²) in [6.45, 7) is 16.1. The zero-order chi connectivity index (χ0) is 26.7.